The van der Waals surface area contributed by atoms with Gasteiger partial charge in [0.2, 0.25) is 5.95 Å². The van der Waals surface area contributed by atoms with Gasteiger partial charge < -0.3 is 16.4 Å². The van der Waals surface area contributed by atoms with Gasteiger partial charge in [-0.25, -0.2) is 14.4 Å². The highest BCUT2D eigenvalue weighted by atomic mass is 19.1. The van der Waals surface area contributed by atoms with Crippen LogP contribution in [0.1, 0.15) is 55.1 Å². The zero-order chi connectivity index (χ0) is 22.8. The number of fused-ring (bicyclic) bond motifs is 1. The fourth-order valence-corrected chi connectivity index (χ4v) is 5.86. The molecule has 1 saturated carbocycles. The smallest absolute Gasteiger partial charge is 0.264 e. The maximum Gasteiger partial charge on any atom is 0.264 e. The molecule has 5 rings (SSSR count). The van der Waals surface area contributed by atoms with E-state index in [1.54, 1.807) is 24.6 Å². The molecule has 0 radical (unpaired) electrons. The van der Waals surface area contributed by atoms with Crippen LogP contribution in [0.4, 0.5) is 16.2 Å². The van der Waals surface area contributed by atoms with Gasteiger partial charge in [0.05, 0.1) is 23.5 Å². The summed E-state index contributed by atoms with van der Waals surface area (Å²) >= 11 is 0. The summed E-state index contributed by atoms with van der Waals surface area (Å²) in [7, 11) is 1.75. The van der Waals surface area contributed by atoms with Gasteiger partial charge in [0.25, 0.3) is 5.56 Å². The van der Waals surface area contributed by atoms with Crippen molar-refractivity contribution >= 4 is 17.5 Å². The number of rotatable bonds is 2. The molecule has 1 spiro atoms. The van der Waals surface area contributed by atoms with E-state index in [0.29, 0.717) is 61.2 Å². The van der Waals surface area contributed by atoms with Crippen molar-refractivity contribution in [2.24, 2.45) is 23.2 Å². The molecule has 9 heteroatoms. The molecule has 170 valence electrons. The number of aliphatic imine (C=N–C) groups is 1. The highest BCUT2D eigenvalue weighted by Crippen LogP contribution is 2.51. The number of piperidine rings is 1. The van der Waals surface area contributed by atoms with Crippen LogP contribution >= 0.6 is 0 Å². The number of alkyl halides is 1. The normalized spacial score (nSPS) is 26.5. The van der Waals surface area contributed by atoms with Gasteiger partial charge in [-0.15, -0.1) is 0 Å². The predicted molar refractivity (Wildman–Crippen MR) is 123 cm³/mol. The minimum Gasteiger partial charge on any atom is -0.384 e. The third kappa shape index (κ3) is 3.21. The molecule has 0 aromatic carbocycles. The second-order valence-electron chi connectivity index (χ2n) is 9.88. The number of hydrogen-bond acceptors (Lipinski definition) is 7. The summed E-state index contributed by atoms with van der Waals surface area (Å²) in [5.41, 5.74) is 14.1. The lowest BCUT2D eigenvalue weighted by molar-refractivity contribution is 0.142. The van der Waals surface area contributed by atoms with Crippen LogP contribution in [0.15, 0.2) is 21.9 Å². The van der Waals surface area contributed by atoms with Crippen molar-refractivity contribution < 1.29 is 4.39 Å². The molecule has 8 nitrogen and oxygen atoms in total. The SMILES string of the molecule is Cc1nc(N)ccc1C1=NCc2nc(N3CCC4(CC3)CC(C)(F)C[C@H]4N)n(C)c(=O)c21. The second kappa shape index (κ2) is 7.10. The first kappa shape index (κ1) is 21.1. The Morgan fingerprint density at radius 2 is 1.94 bits per heavy atom. The van der Waals surface area contributed by atoms with Gasteiger partial charge in [0, 0.05) is 37.4 Å². The molecule has 1 aliphatic carbocycles. The van der Waals surface area contributed by atoms with E-state index < -0.39 is 5.67 Å². The Morgan fingerprint density at radius 3 is 2.56 bits per heavy atom. The average Bonchev–Trinajstić information content (AvgIpc) is 3.23. The van der Waals surface area contributed by atoms with Crippen molar-refractivity contribution in [1.82, 2.24) is 14.5 Å². The van der Waals surface area contributed by atoms with Gasteiger partial charge in [0.1, 0.15) is 11.5 Å². The highest BCUT2D eigenvalue weighted by molar-refractivity contribution is 6.15. The molecule has 2 aliphatic heterocycles. The molecule has 3 aliphatic rings. The number of nitrogens with zero attached hydrogens (tertiary/aromatic N) is 5. The third-order valence-electron chi connectivity index (χ3n) is 7.52. The number of aryl methyl sites for hydroxylation is 1. The first-order valence-corrected chi connectivity index (χ1v) is 11.2. The van der Waals surface area contributed by atoms with Crippen molar-refractivity contribution in [2.75, 3.05) is 23.7 Å². The monoisotopic (exact) mass is 439 g/mol. The van der Waals surface area contributed by atoms with Crippen molar-refractivity contribution in [3.8, 4) is 0 Å². The molecule has 4 heterocycles. The molecule has 1 unspecified atom stereocenters. The molecule has 2 aromatic rings. The Kier molecular flexibility index (Phi) is 4.67. The molecular weight excluding hydrogens is 409 g/mol. The summed E-state index contributed by atoms with van der Waals surface area (Å²) < 4.78 is 16.2. The largest absolute Gasteiger partial charge is 0.384 e. The second-order valence-corrected chi connectivity index (χ2v) is 9.88. The van der Waals surface area contributed by atoms with E-state index in [2.05, 4.69) is 14.9 Å². The van der Waals surface area contributed by atoms with Crippen molar-refractivity contribution in [1.29, 1.82) is 0 Å². The molecule has 32 heavy (non-hydrogen) atoms. The van der Waals surface area contributed by atoms with Crippen LogP contribution in [0.25, 0.3) is 0 Å². The summed E-state index contributed by atoms with van der Waals surface area (Å²) in [6.07, 6.45) is 2.54. The summed E-state index contributed by atoms with van der Waals surface area (Å²) in [5.74, 6) is 1.08. The average molecular weight is 440 g/mol. The molecule has 0 bridgehead atoms. The van der Waals surface area contributed by atoms with Crippen LogP contribution < -0.4 is 21.9 Å². The molecule has 4 N–H and O–H groups in total. The van der Waals surface area contributed by atoms with E-state index in [0.717, 1.165) is 24.1 Å². The Labute approximate surface area is 186 Å². The number of pyridine rings is 1. The maximum absolute atomic E-state index is 14.6. The van der Waals surface area contributed by atoms with Gasteiger partial charge in [-0.1, -0.05) is 0 Å². The fourth-order valence-electron chi connectivity index (χ4n) is 5.86. The van der Waals surface area contributed by atoms with E-state index in [9.17, 15) is 9.18 Å². The van der Waals surface area contributed by atoms with E-state index in [4.69, 9.17) is 16.5 Å². The summed E-state index contributed by atoms with van der Waals surface area (Å²) in [6, 6.07) is 3.45. The zero-order valence-corrected chi connectivity index (χ0v) is 18.9. The molecule has 2 atom stereocenters. The maximum atomic E-state index is 14.6. The van der Waals surface area contributed by atoms with Crippen molar-refractivity contribution in [3.63, 3.8) is 0 Å². The summed E-state index contributed by atoms with van der Waals surface area (Å²) in [4.78, 5) is 29.3. The number of aromatic nitrogens is 3. The van der Waals surface area contributed by atoms with Crippen molar-refractivity contribution in [3.05, 3.63) is 45.0 Å². The van der Waals surface area contributed by atoms with E-state index in [1.165, 1.54) is 0 Å². The Balaban J connectivity index is 1.43. The van der Waals surface area contributed by atoms with Crippen LogP contribution in [-0.4, -0.2) is 45.0 Å². The van der Waals surface area contributed by atoms with Gasteiger partial charge in [-0.05, 0) is 57.1 Å². The van der Waals surface area contributed by atoms with E-state index in [-0.39, 0.29) is 17.0 Å². The Morgan fingerprint density at radius 1 is 1.22 bits per heavy atom. The number of halogens is 1. The predicted octanol–water partition coefficient (Wildman–Crippen LogP) is 1.85. The molecule has 2 aromatic heterocycles. The molecular formula is C23H30FN7O. The summed E-state index contributed by atoms with van der Waals surface area (Å²) in [5, 5.41) is 0. The fraction of sp³-hybridized carbons (Fsp3) is 0.565. The van der Waals surface area contributed by atoms with Crippen LogP contribution in [-0.2, 0) is 13.6 Å². The Bertz CT molecular complexity index is 1180. The molecule has 0 amide bonds. The topological polar surface area (TPSA) is 115 Å². The van der Waals surface area contributed by atoms with Crippen LogP contribution in [0.5, 0.6) is 0 Å². The number of anilines is 2. The number of nitrogens with two attached hydrogens (primary N) is 2. The van der Waals surface area contributed by atoms with Gasteiger partial charge >= 0.3 is 0 Å². The highest BCUT2D eigenvalue weighted by Gasteiger charge is 2.52. The summed E-state index contributed by atoms with van der Waals surface area (Å²) in [6.45, 7) is 5.29. The van der Waals surface area contributed by atoms with Gasteiger partial charge in [-0.3, -0.25) is 14.4 Å². The van der Waals surface area contributed by atoms with Crippen LogP contribution in [0.3, 0.4) is 0 Å². The molecule has 2 fully saturated rings. The lowest BCUT2D eigenvalue weighted by atomic mass is 9.74. The molecule has 1 saturated heterocycles. The minimum absolute atomic E-state index is 0.119. The lowest BCUT2D eigenvalue weighted by Crippen LogP contribution is -2.48. The zero-order valence-electron chi connectivity index (χ0n) is 18.9. The van der Waals surface area contributed by atoms with Crippen molar-refractivity contribution in [2.45, 2.75) is 57.8 Å². The minimum atomic E-state index is -1.19. The quantitative estimate of drug-likeness (QED) is 0.738. The first-order valence-electron chi connectivity index (χ1n) is 11.2. The number of hydrogen-bond donors (Lipinski definition) is 2. The third-order valence-corrected chi connectivity index (χ3v) is 7.52. The Hall–Kier alpha value is -2.81. The van der Waals surface area contributed by atoms with Gasteiger partial charge in [0.15, 0.2) is 0 Å². The van der Waals surface area contributed by atoms with E-state index in [1.807, 2.05) is 13.0 Å². The van der Waals surface area contributed by atoms with E-state index >= 15 is 0 Å². The number of nitrogen functional groups attached to an aromatic ring is 1. The standard InChI is InChI=1S/C23H30FN7O/c1-13-14(4-5-17(26)28-13)19-18-15(11-27-19)29-21(30(3)20(18)32)31-8-6-23(7-9-31)12-22(2,24)10-16(23)25/h4-5,16H,6-12,25H2,1-3H3,(H2,26,28)/t16-,22?/m1/s1. The lowest BCUT2D eigenvalue weighted by Gasteiger charge is -2.42. The van der Waals surface area contributed by atoms with Crippen LogP contribution in [0.2, 0.25) is 0 Å². The van der Waals surface area contributed by atoms with Crippen LogP contribution in [0, 0.1) is 12.3 Å². The van der Waals surface area contributed by atoms with Gasteiger partial charge in [-0.2, -0.15) is 0 Å². The first-order chi connectivity index (χ1) is 15.1.